The smallest absolute Gasteiger partial charge is 0.0622 e. The molecule has 0 aromatic heterocycles. The van der Waals surface area contributed by atoms with Crippen LogP contribution in [0.5, 0.6) is 0 Å². The second-order valence-electron chi connectivity index (χ2n) is 10.00. The third-order valence-corrected chi connectivity index (χ3v) is 8.90. The maximum absolute atomic E-state index is 10.5. The second kappa shape index (κ2) is 4.72. The lowest BCUT2D eigenvalue weighted by Crippen LogP contribution is -2.55. The molecule has 4 aliphatic rings. The zero-order chi connectivity index (χ0) is 15.8. The fourth-order valence-corrected chi connectivity index (χ4v) is 7.40. The third kappa shape index (κ3) is 1.99. The summed E-state index contributed by atoms with van der Waals surface area (Å²) >= 11 is 0. The molecule has 22 heavy (non-hydrogen) atoms. The van der Waals surface area contributed by atoms with Gasteiger partial charge in [-0.1, -0.05) is 13.8 Å². The SMILES string of the molecule is C[C@@]1(O)CC[C@@]2(C)[C@@H](CC[C@@H]3[C@@H]2CC[C@]2(C)[C@H](O)CC[C@@H]32)C1. The molecule has 2 heteroatoms. The summed E-state index contributed by atoms with van der Waals surface area (Å²) in [5, 5.41) is 21.0. The van der Waals surface area contributed by atoms with Gasteiger partial charge in [0.2, 0.25) is 0 Å². The van der Waals surface area contributed by atoms with Gasteiger partial charge in [0.1, 0.15) is 0 Å². The molecule has 0 heterocycles. The lowest BCUT2D eigenvalue weighted by Gasteiger charge is -2.61. The maximum Gasteiger partial charge on any atom is 0.0622 e. The van der Waals surface area contributed by atoms with Crippen LogP contribution < -0.4 is 0 Å². The third-order valence-electron chi connectivity index (χ3n) is 8.90. The van der Waals surface area contributed by atoms with E-state index in [0.29, 0.717) is 11.3 Å². The predicted octanol–water partition coefficient (Wildman–Crippen LogP) is 4.14. The van der Waals surface area contributed by atoms with E-state index in [9.17, 15) is 10.2 Å². The summed E-state index contributed by atoms with van der Waals surface area (Å²) in [5.74, 6) is 3.14. The molecule has 2 nitrogen and oxygen atoms in total. The monoisotopic (exact) mass is 306 g/mol. The Morgan fingerprint density at radius 1 is 0.773 bits per heavy atom. The van der Waals surface area contributed by atoms with Crippen LogP contribution in [0.3, 0.4) is 0 Å². The molecule has 2 N–H and O–H groups in total. The van der Waals surface area contributed by atoms with Crippen LogP contribution in [0.25, 0.3) is 0 Å². The molecule has 0 bridgehead atoms. The molecule has 4 fully saturated rings. The van der Waals surface area contributed by atoms with E-state index in [1.165, 1.54) is 38.5 Å². The van der Waals surface area contributed by atoms with Crippen molar-refractivity contribution in [1.82, 2.24) is 0 Å². The van der Waals surface area contributed by atoms with E-state index in [0.717, 1.165) is 37.0 Å². The summed E-state index contributed by atoms with van der Waals surface area (Å²) in [6, 6.07) is 0. The molecule has 4 rings (SSSR count). The van der Waals surface area contributed by atoms with E-state index < -0.39 is 5.60 Å². The van der Waals surface area contributed by atoms with Crippen LogP contribution in [0.1, 0.15) is 78.6 Å². The normalized spacial score (nSPS) is 61.2. The Balaban J connectivity index is 1.62. The highest BCUT2D eigenvalue weighted by molar-refractivity contribution is 5.10. The van der Waals surface area contributed by atoms with Gasteiger partial charge < -0.3 is 10.2 Å². The van der Waals surface area contributed by atoms with Crippen LogP contribution in [0.4, 0.5) is 0 Å². The van der Waals surface area contributed by atoms with E-state index in [-0.39, 0.29) is 11.5 Å². The van der Waals surface area contributed by atoms with Crippen LogP contribution in [-0.2, 0) is 0 Å². The van der Waals surface area contributed by atoms with Crippen molar-refractivity contribution in [2.45, 2.75) is 90.3 Å². The van der Waals surface area contributed by atoms with Gasteiger partial charge >= 0.3 is 0 Å². The quantitative estimate of drug-likeness (QED) is 0.706. The number of aliphatic hydroxyl groups excluding tert-OH is 1. The van der Waals surface area contributed by atoms with Crippen molar-refractivity contribution in [3.8, 4) is 0 Å². The fraction of sp³-hybridized carbons (Fsp3) is 1.00. The van der Waals surface area contributed by atoms with E-state index in [1.807, 2.05) is 6.92 Å². The van der Waals surface area contributed by atoms with Gasteiger partial charge in [0.05, 0.1) is 11.7 Å². The first-order valence-electron chi connectivity index (χ1n) is 9.67. The molecule has 0 aromatic carbocycles. The van der Waals surface area contributed by atoms with E-state index >= 15 is 0 Å². The molecular formula is C20H34O2. The molecule has 0 spiro atoms. The topological polar surface area (TPSA) is 40.5 Å². The first-order valence-corrected chi connectivity index (χ1v) is 9.67. The molecule has 0 aromatic rings. The van der Waals surface area contributed by atoms with Crippen LogP contribution in [0.2, 0.25) is 0 Å². The predicted molar refractivity (Wildman–Crippen MR) is 88.4 cm³/mol. The van der Waals surface area contributed by atoms with Gasteiger partial charge in [0.25, 0.3) is 0 Å². The van der Waals surface area contributed by atoms with Gasteiger partial charge in [-0.3, -0.25) is 0 Å². The zero-order valence-electron chi connectivity index (χ0n) is 14.6. The number of aliphatic hydroxyl groups is 2. The van der Waals surface area contributed by atoms with Gasteiger partial charge in [-0.15, -0.1) is 0 Å². The first kappa shape index (κ1) is 15.4. The van der Waals surface area contributed by atoms with Crippen LogP contribution in [0, 0.1) is 34.5 Å². The Morgan fingerprint density at radius 3 is 2.27 bits per heavy atom. The summed E-state index contributed by atoms with van der Waals surface area (Å²) in [6.07, 6.45) is 10.6. The average molecular weight is 306 g/mol. The van der Waals surface area contributed by atoms with E-state index in [2.05, 4.69) is 13.8 Å². The zero-order valence-corrected chi connectivity index (χ0v) is 14.6. The summed E-state index contributed by atoms with van der Waals surface area (Å²) in [7, 11) is 0. The summed E-state index contributed by atoms with van der Waals surface area (Å²) < 4.78 is 0. The Labute approximate surface area is 135 Å². The van der Waals surface area contributed by atoms with Crippen molar-refractivity contribution in [3.63, 3.8) is 0 Å². The van der Waals surface area contributed by atoms with Crippen molar-refractivity contribution in [2.24, 2.45) is 34.5 Å². The molecule has 0 amide bonds. The van der Waals surface area contributed by atoms with Crippen LogP contribution >= 0.6 is 0 Å². The van der Waals surface area contributed by atoms with Crippen LogP contribution in [-0.4, -0.2) is 21.9 Å². The summed E-state index contributed by atoms with van der Waals surface area (Å²) in [6.45, 7) is 6.95. The molecule has 4 aliphatic carbocycles. The average Bonchev–Trinajstić information content (AvgIpc) is 2.76. The van der Waals surface area contributed by atoms with E-state index in [4.69, 9.17) is 0 Å². The Hall–Kier alpha value is -0.0800. The van der Waals surface area contributed by atoms with Crippen molar-refractivity contribution < 1.29 is 10.2 Å². The highest BCUT2D eigenvalue weighted by atomic mass is 16.3. The lowest BCUT2D eigenvalue weighted by atomic mass is 9.44. The minimum absolute atomic E-state index is 0.0592. The number of fused-ring (bicyclic) bond motifs is 5. The van der Waals surface area contributed by atoms with Gasteiger partial charge in [0, 0.05) is 0 Å². The summed E-state index contributed by atoms with van der Waals surface area (Å²) in [4.78, 5) is 0. The molecule has 4 saturated carbocycles. The highest BCUT2D eigenvalue weighted by Gasteiger charge is 2.60. The minimum Gasteiger partial charge on any atom is -0.393 e. The second-order valence-corrected chi connectivity index (χ2v) is 10.00. The molecule has 126 valence electrons. The molecule has 0 radical (unpaired) electrons. The number of hydrogen-bond donors (Lipinski definition) is 2. The van der Waals surface area contributed by atoms with Crippen molar-refractivity contribution in [1.29, 1.82) is 0 Å². The van der Waals surface area contributed by atoms with Crippen LogP contribution in [0.15, 0.2) is 0 Å². The molecule has 0 saturated heterocycles. The molecular weight excluding hydrogens is 272 g/mol. The number of rotatable bonds is 0. The van der Waals surface area contributed by atoms with E-state index in [1.54, 1.807) is 0 Å². The summed E-state index contributed by atoms with van der Waals surface area (Å²) in [5.41, 5.74) is 0.217. The minimum atomic E-state index is -0.427. The Kier molecular flexibility index (Phi) is 3.32. The van der Waals surface area contributed by atoms with Crippen molar-refractivity contribution in [3.05, 3.63) is 0 Å². The lowest BCUT2D eigenvalue weighted by molar-refractivity contribution is -0.150. The molecule has 0 aliphatic heterocycles. The fourth-order valence-electron chi connectivity index (χ4n) is 7.40. The van der Waals surface area contributed by atoms with Gasteiger partial charge in [-0.05, 0) is 99.2 Å². The van der Waals surface area contributed by atoms with Crippen molar-refractivity contribution in [2.75, 3.05) is 0 Å². The standard InChI is InChI=1S/C20H34O2/c1-18(22)10-11-19(2)13(12-18)4-5-14-15-6-7-17(21)20(15,3)9-8-16(14)19/h13-17,21-22H,4-12H2,1-3H3/t13-,14-,15-,16-,17+,18+,19-,20-/m0/s1. The molecule has 8 atom stereocenters. The highest BCUT2D eigenvalue weighted by Crippen LogP contribution is 2.66. The first-order chi connectivity index (χ1) is 10.3. The largest absolute Gasteiger partial charge is 0.393 e. The maximum atomic E-state index is 10.5. The Bertz CT molecular complexity index is 459. The Morgan fingerprint density at radius 2 is 1.50 bits per heavy atom. The van der Waals surface area contributed by atoms with Crippen molar-refractivity contribution >= 4 is 0 Å². The molecule has 0 unspecified atom stereocenters. The number of hydrogen-bond acceptors (Lipinski definition) is 2. The van der Waals surface area contributed by atoms with Gasteiger partial charge in [0.15, 0.2) is 0 Å². The van der Waals surface area contributed by atoms with Gasteiger partial charge in [-0.2, -0.15) is 0 Å². The van der Waals surface area contributed by atoms with Gasteiger partial charge in [-0.25, -0.2) is 0 Å².